The van der Waals surface area contributed by atoms with Gasteiger partial charge in [0, 0.05) is 27.5 Å². The molecule has 11 rings (SSSR count). The summed E-state index contributed by atoms with van der Waals surface area (Å²) >= 11 is 0. The zero-order valence-electron chi connectivity index (χ0n) is 32.0. The van der Waals surface area contributed by atoms with Crippen LogP contribution in [0.5, 0.6) is 0 Å². The number of hydrogen-bond acceptors (Lipinski definition) is 4. The molecule has 0 aliphatic rings. The minimum atomic E-state index is 0.596. The lowest BCUT2D eigenvalue weighted by Gasteiger charge is -2.19. The highest BCUT2D eigenvalue weighted by molar-refractivity contribution is 6.19. The molecule has 0 aliphatic heterocycles. The molecule has 0 bridgehead atoms. The first-order valence-electron chi connectivity index (χ1n) is 19.8. The average molecular weight is 754 g/mol. The van der Waals surface area contributed by atoms with Crippen LogP contribution in [0.4, 0.5) is 0 Å². The Hall–Kier alpha value is -7.95. The second-order valence-corrected chi connectivity index (χ2v) is 14.8. The van der Waals surface area contributed by atoms with Crippen molar-refractivity contribution in [2.24, 2.45) is 0 Å². The lowest BCUT2D eigenvalue weighted by atomic mass is 9.84. The van der Waals surface area contributed by atoms with Crippen molar-refractivity contribution in [3.8, 4) is 78.7 Å². The molecule has 2 aromatic heterocycles. The maximum atomic E-state index is 6.35. The summed E-state index contributed by atoms with van der Waals surface area (Å²) in [5, 5.41) is 4.44. The summed E-state index contributed by atoms with van der Waals surface area (Å²) in [4.78, 5) is 15.5. The summed E-state index contributed by atoms with van der Waals surface area (Å²) in [6.45, 7) is 0. The van der Waals surface area contributed by atoms with Gasteiger partial charge in [0.2, 0.25) is 0 Å². The van der Waals surface area contributed by atoms with E-state index in [9.17, 15) is 0 Å². The molecule has 9 aromatic carbocycles. The maximum absolute atomic E-state index is 6.35. The molecular weight excluding hydrogens is 719 g/mol. The smallest absolute Gasteiger partial charge is 0.164 e. The summed E-state index contributed by atoms with van der Waals surface area (Å²) in [6.07, 6.45) is 0. The third kappa shape index (κ3) is 6.34. The molecule has 0 amide bonds. The molecule has 2 heterocycles. The monoisotopic (exact) mass is 753 g/mol. The van der Waals surface area contributed by atoms with Gasteiger partial charge in [0.25, 0.3) is 0 Å². The number of hydrogen-bond donors (Lipinski definition) is 0. The minimum Gasteiger partial charge on any atom is -0.456 e. The Bertz CT molecular complexity index is 3300. The molecule has 0 N–H and O–H groups in total. The van der Waals surface area contributed by atoms with Crippen LogP contribution in [0.2, 0.25) is 0 Å². The standard InChI is InChI=1S/C55H35N3O/c1-5-16-36(17-6-1)44-34-46(37-18-7-2-8-19-37)51(39-21-9-3-10-22-39)47(35-44)41-25-15-26-42(32-41)54-56-53(40-23-11-4-12-24-40)57-55(58-54)43-29-30-49-48(33-43)52-45-27-14-13-20-38(45)28-31-50(52)59-49/h1-35H. The van der Waals surface area contributed by atoms with Gasteiger partial charge >= 0.3 is 0 Å². The number of fused-ring (bicyclic) bond motifs is 5. The zero-order chi connectivity index (χ0) is 39.1. The van der Waals surface area contributed by atoms with E-state index in [2.05, 4.69) is 170 Å². The molecule has 0 aliphatic carbocycles. The van der Waals surface area contributed by atoms with Crippen LogP contribution in [0.15, 0.2) is 217 Å². The van der Waals surface area contributed by atoms with Gasteiger partial charge in [0.15, 0.2) is 17.5 Å². The fourth-order valence-corrected chi connectivity index (χ4v) is 8.29. The van der Waals surface area contributed by atoms with Crippen LogP contribution in [0.1, 0.15) is 0 Å². The number of benzene rings is 9. The molecule has 0 saturated heterocycles. The largest absolute Gasteiger partial charge is 0.456 e. The second-order valence-electron chi connectivity index (χ2n) is 14.8. The Morgan fingerprint density at radius 2 is 0.797 bits per heavy atom. The molecule has 0 unspecified atom stereocenters. The maximum Gasteiger partial charge on any atom is 0.164 e. The van der Waals surface area contributed by atoms with Crippen molar-refractivity contribution in [1.82, 2.24) is 15.0 Å². The number of aromatic nitrogens is 3. The van der Waals surface area contributed by atoms with Crippen LogP contribution >= 0.6 is 0 Å². The van der Waals surface area contributed by atoms with Crippen molar-refractivity contribution < 1.29 is 4.42 Å². The molecule has 276 valence electrons. The first-order chi connectivity index (χ1) is 29.2. The molecule has 4 nitrogen and oxygen atoms in total. The summed E-state index contributed by atoms with van der Waals surface area (Å²) in [5.74, 6) is 1.81. The van der Waals surface area contributed by atoms with Crippen molar-refractivity contribution in [1.29, 1.82) is 0 Å². The summed E-state index contributed by atoms with van der Waals surface area (Å²) in [7, 11) is 0. The van der Waals surface area contributed by atoms with E-state index < -0.39 is 0 Å². The molecule has 0 atom stereocenters. The van der Waals surface area contributed by atoms with Crippen molar-refractivity contribution in [2.75, 3.05) is 0 Å². The van der Waals surface area contributed by atoms with E-state index >= 15 is 0 Å². The lowest BCUT2D eigenvalue weighted by Crippen LogP contribution is -2.00. The van der Waals surface area contributed by atoms with E-state index in [0.29, 0.717) is 17.5 Å². The van der Waals surface area contributed by atoms with E-state index in [1.54, 1.807) is 0 Å². The fraction of sp³-hybridized carbons (Fsp3) is 0. The van der Waals surface area contributed by atoms with Gasteiger partial charge in [-0.15, -0.1) is 0 Å². The predicted octanol–water partition coefficient (Wildman–Crippen LogP) is 14.6. The van der Waals surface area contributed by atoms with Crippen molar-refractivity contribution in [3.63, 3.8) is 0 Å². The lowest BCUT2D eigenvalue weighted by molar-refractivity contribution is 0.669. The van der Waals surface area contributed by atoms with Crippen LogP contribution in [-0.2, 0) is 0 Å². The highest BCUT2D eigenvalue weighted by Gasteiger charge is 2.20. The summed E-state index contributed by atoms with van der Waals surface area (Å²) in [5.41, 5.74) is 13.5. The van der Waals surface area contributed by atoms with Crippen LogP contribution in [0.3, 0.4) is 0 Å². The van der Waals surface area contributed by atoms with Gasteiger partial charge in [0.05, 0.1) is 0 Å². The van der Waals surface area contributed by atoms with Crippen LogP contribution in [0.25, 0.3) is 111 Å². The molecule has 0 radical (unpaired) electrons. The Morgan fingerprint density at radius 1 is 0.288 bits per heavy atom. The first kappa shape index (κ1) is 34.3. The van der Waals surface area contributed by atoms with Gasteiger partial charge in [-0.1, -0.05) is 170 Å². The Morgan fingerprint density at radius 3 is 1.49 bits per heavy atom. The fourth-order valence-electron chi connectivity index (χ4n) is 8.29. The van der Waals surface area contributed by atoms with E-state index in [1.807, 2.05) is 42.5 Å². The van der Waals surface area contributed by atoms with Crippen molar-refractivity contribution in [3.05, 3.63) is 212 Å². The van der Waals surface area contributed by atoms with Crippen molar-refractivity contribution >= 4 is 32.7 Å². The normalized spacial score (nSPS) is 11.4. The molecule has 11 aromatic rings. The number of rotatable bonds is 7. The third-order valence-corrected chi connectivity index (χ3v) is 11.1. The minimum absolute atomic E-state index is 0.596. The topological polar surface area (TPSA) is 51.8 Å². The van der Waals surface area contributed by atoms with E-state index in [-0.39, 0.29) is 0 Å². The number of furan rings is 1. The Balaban J connectivity index is 1.12. The molecule has 0 fully saturated rings. The van der Waals surface area contributed by atoms with Crippen LogP contribution < -0.4 is 0 Å². The number of nitrogens with zero attached hydrogens (tertiary/aromatic N) is 3. The summed E-state index contributed by atoms with van der Waals surface area (Å²) < 4.78 is 6.35. The molecule has 0 saturated carbocycles. The molecular formula is C55H35N3O. The first-order valence-corrected chi connectivity index (χ1v) is 19.8. The van der Waals surface area contributed by atoms with Gasteiger partial charge in [-0.2, -0.15) is 0 Å². The Kier molecular flexibility index (Phi) is 8.45. The molecule has 4 heteroatoms. The third-order valence-electron chi connectivity index (χ3n) is 11.1. The molecule has 0 spiro atoms. The predicted molar refractivity (Wildman–Crippen MR) is 243 cm³/mol. The van der Waals surface area contributed by atoms with Crippen LogP contribution in [-0.4, -0.2) is 15.0 Å². The van der Waals surface area contributed by atoms with Gasteiger partial charge in [-0.25, -0.2) is 15.0 Å². The van der Waals surface area contributed by atoms with Gasteiger partial charge in [-0.3, -0.25) is 0 Å². The zero-order valence-corrected chi connectivity index (χ0v) is 32.0. The SMILES string of the molecule is c1ccc(-c2cc(-c3ccccc3)c(-c3ccccc3)c(-c3cccc(-c4nc(-c5ccccc5)nc(-c5ccc6oc7ccc8ccccc8c7c6c5)n4)c3)c2)cc1. The van der Waals surface area contributed by atoms with Gasteiger partial charge < -0.3 is 4.42 Å². The van der Waals surface area contributed by atoms with Crippen LogP contribution in [0, 0.1) is 0 Å². The average Bonchev–Trinajstić information content (AvgIpc) is 3.71. The molecule has 59 heavy (non-hydrogen) atoms. The van der Waals surface area contributed by atoms with E-state index in [4.69, 9.17) is 19.4 Å². The summed E-state index contributed by atoms with van der Waals surface area (Å²) in [6, 6.07) is 74.2. The second kappa shape index (κ2) is 14.5. The van der Waals surface area contributed by atoms with E-state index in [0.717, 1.165) is 77.4 Å². The Labute approximate surface area is 341 Å². The van der Waals surface area contributed by atoms with Crippen molar-refractivity contribution in [2.45, 2.75) is 0 Å². The van der Waals surface area contributed by atoms with Gasteiger partial charge in [0.1, 0.15) is 11.2 Å². The highest BCUT2D eigenvalue weighted by Crippen LogP contribution is 2.44. The highest BCUT2D eigenvalue weighted by atomic mass is 16.3. The quantitative estimate of drug-likeness (QED) is 0.163. The van der Waals surface area contributed by atoms with E-state index in [1.165, 1.54) is 16.5 Å². The van der Waals surface area contributed by atoms with Gasteiger partial charge in [-0.05, 0) is 97.7 Å².